The molecule has 5 rings (SSSR count). The second-order valence-corrected chi connectivity index (χ2v) is 8.27. The number of thiophene rings is 1. The van der Waals surface area contributed by atoms with Gasteiger partial charge in [-0.1, -0.05) is 42.0 Å². The van der Waals surface area contributed by atoms with E-state index in [1.54, 1.807) is 16.7 Å². The van der Waals surface area contributed by atoms with Crippen molar-refractivity contribution in [1.82, 2.24) is 4.90 Å². The molecule has 0 amide bonds. The highest BCUT2D eigenvalue weighted by Crippen LogP contribution is 2.46. The van der Waals surface area contributed by atoms with Gasteiger partial charge in [0, 0.05) is 28.1 Å². The van der Waals surface area contributed by atoms with Crippen LogP contribution in [-0.2, 0) is 0 Å². The van der Waals surface area contributed by atoms with E-state index < -0.39 is 0 Å². The van der Waals surface area contributed by atoms with Crippen LogP contribution < -0.4 is 9.75 Å². The summed E-state index contributed by atoms with van der Waals surface area (Å²) in [5, 5.41) is 1.53. The topological polar surface area (TPSA) is 3.24 Å². The van der Waals surface area contributed by atoms with E-state index in [9.17, 15) is 0 Å². The molecule has 0 aromatic carbocycles. The van der Waals surface area contributed by atoms with E-state index in [0.717, 1.165) is 6.42 Å². The second kappa shape index (κ2) is 5.72. The predicted octanol–water partition coefficient (Wildman–Crippen LogP) is 3.87. The monoisotopic (exact) mass is 333 g/mol. The lowest BCUT2D eigenvalue weighted by molar-refractivity contribution is 0.313. The summed E-state index contributed by atoms with van der Waals surface area (Å²) < 4.78 is 1.51. The Morgan fingerprint density at radius 2 is 1.71 bits per heavy atom. The standard InChI is InChI=1S/C22H23NS/c1-23-13-11-15(12-14-23)20-16-7-3-2-4-8-17(16)22-21(20)18-9-5-6-10-19(18)24-22/h3-4,7-10H,2,5-6,11-14H2,1H3. The molecule has 0 atom stereocenters. The fourth-order valence-corrected chi connectivity index (χ4v) is 5.70. The van der Waals surface area contributed by atoms with Crippen LogP contribution in [0.1, 0.15) is 42.5 Å². The van der Waals surface area contributed by atoms with Crippen molar-refractivity contribution in [3.8, 4) is 0 Å². The minimum absolute atomic E-state index is 1.05. The highest BCUT2D eigenvalue weighted by molar-refractivity contribution is 7.11. The van der Waals surface area contributed by atoms with Gasteiger partial charge < -0.3 is 4.90 Å². The van der Waals surface area contributed by atoms with Crippen molar-refractivity contribution in [3.05, 3.63) is 55.6 Å². The van der Waals surface area contributed by atoms with Gasteiger partial charge in [-0.05, 0) is 61.1 Å². The molecule has 1 aliphatic heterocycles. The lowest BCUT2D eigenvalue weighted by atomic mass is 9.90. The highest BCUT2D eigenvalue weighted by Gasteiger charge is 2.30. The number of fused-ring (bicyclic) bond motifs is 4. The highest BCUT2D eigenvalue weighted by atomic mass is 32.1. The van der Waals surface area contributed by atoms with Gasteiger partial charge in [-0.3, -0.25) is 0 Å². The summed E-state index contributed by atoms with van der Waals surface area (Å²) in [4.78, 5) is 3.98. The van der Waals surface area contributed by atoms with E-state index >= 15 is 0 Å². The largest absolute Gasteiger partial charge is 0.306 e. The smallest absolute Gasteiger partial charge is 0.0439 e. The first-order valence-corrected chi connectivity index (χ1v) is 9.97. The first-order chi connectivity index (χ1) is 11.8. The molecule has 0 bridgehead atoms. The Labute approximate surface area is 147 Å². The molecular weight excluding hydrogens is 310 g/mol. The molecule has 1 aromatic rings. The average Bonchev–Trinajstić information content (AvgIpc) is 3.00. The Morgan fingerprint density at radius 3 is 2.54 bits per heavy atom. The maximum atomic E-state index is 2.49. The molecule has 3 aliphatic carbocycles. The summed E-state index contributed by atoms with van der Waals surface area (Å²) in [5.41, 5.74) is 7.79. The molecule has 4 aliphatic rings. The third-order valence-corrected chi connectivity index (χ3v) is 6.89. The van der Waals surface area contributed by atoms with Crippen molar-refractivity contribution in [2.45, 2.75) is 32.1 Å². The van der Waals surface area contributed by atoms with Crippen molar-refractivity contribution in [3.63, 3.8) is 0 Å². The molecule has 1 fully saturated rings. The number of likely N-dealkylation sites (tertiary alicyclic amines) is 1. The summed E-state index contributed by atoms with van der Waals surface area (Å²) >= 11 is 2.01. The first-order valence-electron chi connectivity index (χ1n) is 9.15. The zero-order valence-electron chi connectivity index (χ0n) is 14.3. The number of allylic oxidation sites excluding steroid dienone is 7. The molecule has 0 radical (unpaired) electrons. The maximum Gasteiger partial charge on any atom is 0.0439 e. The number of piperidine rings is 1. The Kier molecular flexibility index (Phi) is 3.50. The Hall–Kier alpha value is -1.64. The molecule has 0 spiro atoms. The van der Waals surface area contributed by atoms with E-state index in [1.807, 2.05) is 11.3 Å². The van der Waals surface area contributed by atoms with Crippen LogP contribution in [0.4, 0.5) is 0 Å². The predicted molar refractivity (Wildman–Crippen MR) is 105 cm³/mol. The van der Waals surface area contributed by atoms with Gasteiger partial charge in [-0.25, -0.2) is 0 Å². The summed E-state index contributed by atoms with van der Waals surface area (Å²) in [5.74, 6) is 0. The summed E-state index contributed by atoms with van der Waals surface area (Å²) in [6, 6.07) is 0. The number of hydrogen-bond donors (Lipinski definition) is 0. The zero-order valence-corrected chi connectivity index (χ0v) is 15.1. The summed E-state index contributed by atoms with van der Waals surface area (Å²) in [7, 11) is 2.25. The van der Waals surface area contributed by atoms with Crippen molar-refractivity contribution >= 4 is 34.6 Å². The molecule has 24 heavy (non-hydrogen) atoms. The molecule has 0 unspecified atom stereocenters. The lowest BCUT2D eigenvalue weighted by Crippen LogP contribution is -2.28. The molecule has 2 heteroatoms. The molecular formula is C22H23NS. The molecule has 1 aromatic heterocycles. The van der Waals surface area contributed by atoms with Gasteiger partial charge in [0.25, 0.3) is 0 Å². The normalized spacial score (nSPS) is 22.7. The van der Waals surface area contributed by atoms with Crippen LogP contribution in [0.25, 0.3) is 23.3 Å². The van der Waals surface area contributed by atoms with Gasteiger partial charge in [0.2, 0.25) is 0 Å². The first kappa shape index (κ1) is 14.7. The van der Waals surface area contributed by atoms with Crippen LogP contribution in [0.5, 0.6) is 0 Å². The third-order valence-electron chi connectivity index (χ3n) is 5.66. The van der Waals surface area contributed by atoms with E-state index in [2.05, 4.69) is 48.4 Å². The molecule has 0 saturated carbocycles. The number of nitrogens with zero attached hydrogens (tertiary/aromatic N) is 1. The Bertz CT molecular complexity index is 939. The van der Waals surface area contributed by atoms with Crippen LogP contribution in [0.2, 0.25) is 0 Å². The fraction of sp³-hybridized carbons (Fsp3) is 0.364. The third kappa shape index (κ3) is 2.17. The quantitative estimate of drug-likeness (QED) is 0.697. The Balaban J connectivity index is 1.81. The van der Waals surface area contributed by atoms with Crippen LogP contribution in [-0.4, -0.2) is 25.0 Å². The van der Waals surface area contributed by atoms with Gasteiger partial charge in [0.1, 0.15) is 0 Å². The van der Waals surface area contributed by atoms with Gasteiger partial charge in [-0.2, -0.15) is 0 Å². The molecule has 1 saturated heterocycles. The van der Waals surface area contributed by atoms with E-state index in [-0.39, 0.29) is 0 Å². The molecule has 2 heterocycles. The van der Waals surface area contributed by atoms with Gasteiger partial charge in [0.05, 0.1) is 0 Å². The van der Waals surface area contributed by atoms with Crippen molar-refractivity contribution in [2.24, 2.45) is 0 Å². The summed E-state index contributed by atoms with van der Waals surface area (Å²) in [6.45, 7) is 2.39. The van der Waals surface area contributed by atoms with E-state index in [1.165, 1.54) is 64.5 Å². The van der Waals surface area contributed by atoms with Gasteiger partial charge in [0.15, 0.2) is 0 Å². The minimum atomic E-state index is 1.05. The molecule has 122 valence electrons. The van der Waals surface area contributed by atoms with Gasteiger partial charge in [-0.15, -0.1) is 11.3 Å². The molecule has 0 N–H and O–H groups in total. The fourth-order valence-electron chi connectivity index (χ4n) is 4.38. The van der Waals surface area contributed by atoms with Crippen molar-refractivity contribution < 1.29 is 0 Å². The minimum Gasteiger partial charge on any atom is -0.306 e. The Morgan fingerprint density at radius 1 is 0.958 bits per heavy atom. The number of hydrogen-bond acceptors (Lipinski definition) is 2. The van der Waals surface area contributed by atoms with Crippen LogP contribution >= 0.6 is 11.3 Å². The van der Waals surface area contributed by atoms with Gasteiger partial charge >= 0.3 is 0 Å². The SMILES string of the molecule is CN1CCC(=C2C3=C(C=CCC=C3)c3sc4c(c32)=CCCC=4)CC1. The van der Waals surface area contributed by atoms with Crippen LogP contribution in [0.3, 0.4) is 0 Å². The lowest BCUT2D eigenvalue weighted by Gasteiger charge is -2.26. The second-order valence-electron chi connectivity index (χ2n) is 7.22. The summed E-state index contributed by atoms with van der Waals surface area (Å²) in [6.07, 6.45) is 20.2. The maximum absolute atomic E-state index is 2.49. The average molecular weight is 334 g/mol. The van der Waals surface area contributed by atoms with E-state index in [4.69, 9.17) is 0 Å². The van der Waals surface area contributed by atoms with Crippen molar-refractivity contribution in [2.75, 3.05) is 20.1 Å². The van der Waals surface area contributed by atoms with Crippen LogP contribution in [0, 0.1) is 0 Å². The molecule has 1 nitrogen and oxygen atoms in total. The zero-order chi connectivity index (χ0) is 16.1. The van der Waals surface area contributed by atoms with E-state index in [0.29, 0.717) is 0 Å². The number of rotatable bonds is 0. The van der Waals surface area contributed by atoms with Crippen LogP contribution in [0.15, 0.2) is 35.5 Å². The van der Waals surface area contributed by atoms with Crippen molar-refractivity contribution in [1.29, 1.82) is 0 Å².